The number of nitrogens with one attached hydrogen (secondary N) is 1. The van der Waals surface area contributed by atoms with Crippen LogP contribution in [0.4, 0.5) is 11.4 Å². The van der Waals surface area contributed by atoms with Gasteiger partial charge in [0.15, 0.2) is 0 Å². The Balaban J connectivity index is 1.74. The number of hydrogen-bond donors (Lipinski definition) is 1. The van der Waals surface area contributed by atoms with Crippen molar-refractivity contribution < 1.29 is 14.3 Å². The van der Waals surface area contributed by atoms with Gasteiger partial charge in [0.25, 0.3) is 11.8 Å². The van der Waals surface area contributed by atoms with E-state index in [0.717, 1.165) is 22.6 Å². The van der Waals surface area contributed by atoms with Crippen LogP contribution in [0.3, 0.4) is 0 Å². The van der Waals surface area contributed by atoms with E-state index in [2.05, 4.69) is 19.2 Å². The Morgan fingerprint density at radius 2 is 1.55 bits per heavy atom. The zero-order chi connectivity index (χ0) is 23.5. The quantitative estimate of drug-likeness (QED) is 0.476. The molecule has 4 rings (SSSR count). The van der Waals surface area contributed by atoms with Crippen LogP contribution >= 0.6 is 0 Å². The van der Waals surface area contributed by atoms with E-state index < -0.39 is 0 Å². The van der Waals surface area contributed by atoms with Gasteiger partial charge in [0.05, 0.1) is 17.9 Å². The number of imide groups is 1. The molecule has 0 fully saturated rings. The molecule has 0 atom stereocenters. The van der Waals surface area contributed by atoms with Crippen LogP contribution in [0.15, 0.2) is 78.5 Å². The zero-order valence-electron chi connectivity index (χ0n) is 19.4. The molecule has 0 saturated heterocycles. The van der Waals surface area contributed by atoms with Crippen molar-refractivity contribution in [2.45, 2.75) is 27.7 Å². The van der Waals surface area contributed by atoms with Gasteiger partial charge in [-0.05, 0) is 72.9 Å². The molecule has 0 saturated carbocycles. The minimum Gasteiger partial charge on any atom is -0.493 e. The van der Waals surface area contributed by atoms with Crippen molar-refractivity contribution >= 4 is 28.8 Å². The molecular formula is C28H28N2O3. The summed E-state index contributed by atoms with van der Waals surface area (Å²) in [5.41, 5.74) is 4.84. The highest BCUT2D eigenvalue weighted by molar-refractivity contribution is 6.46. The largest absolute Gasteiger partial charge is 0.493 e. The summed E-state index contributed by atoms with van der Waals surface area (Å²) >= 11 is 0. The Hall–Kier alpha value is -3.86. The van der Waals surface area contributed by atoms with Crippen LogP contribution in [0.5, 0.6) is 5.75 Å². The summed E-state index contributed by atoms with van der Waals surface area (Å²) in [5.74, 6) is 0.413. The molecule has 0 aromatic heterocycles. The molecule has 0 aliphatic carbocycles. The SMILES string of the molecule is Cc1ccc(NC2=C(c3ccc(OCC(C)C)cc3)C(=O)N(c3ccccc3)C2=O)cc1C. The van der Waals surface area contributed by atoms with Gasteiger partial charge in [-0.25, -0.2) is 4.90 Å². The summed E-state index contributed by atoms with van der Waals surface area (Å²) in [5, 5.41) is 3.23. The first-order chi connectivity index (χ1) is 15.8. The fourth-order valence-electron chi connectivity index (χ4n) is 3.67. The highest BCUT2D eigenvalue weighted by Crippen LogP contribution is 2.34. The minimum atomic E-state index is -0.375. The molecule has 1 aliphatic heterocycles. The number of rotatable bonds is 7. The van der Waals surface area contributed by atoms with Gasteiger partial charge in [0.1, 0.15) is 11.4 Å². The number of amides is 2. The summed E-state index contributed by atoms with van der Waals surface area (Å²) in [6.07, 6.45) is 0. The van der Waals surface area contributed by atoms with E-state index in [1.165, 1.54) is 4.90 Å². The molecule has 0 spiro atoms. The third-order valence-corrected chi connectivity index (χ3v) is 5.60. The molecule has 33 heavy (non-hydrogen) atoms. The zero-order valence-corrected chi connectivity index (χ0v) is 19.4. The van der Waals surface area contributed by atoms with E-state index in [1.54, 1.807) is 12.1 Å². The summed E-state index contributed by atoms with van der Waals surface area (Å²) in [4.78, 5) is 28.2. The predicted molar refractivity (Wildman–Crippen MR) is 132 cm³/mol. The smallest absolute Gasteiger partial charge is 0.282 e. The fraction of sp³-hybridized carbons (Fsp3) is 0.214. The highest BCUT2D eigenvalue weighted by Gasteiger charge is 2.40. The maximum Gasteiger partial charge on any atom is 0.282 e. The lowest BCUT2D eigenvalue weighted by Crippen LogP contribution is -2.32. The van der Waals surface area contributed by atoms with Gasteiger partial charge >= 0.3 is 0 Å². The standard InChI is InChI=1S/C28H28N2O3/c1-18(2)17-33-24-14-11-21(12-15-24)25-26(29-22-13-10-19(3)20(4)16-22)28(32)30(27(25)31)23-8-6-5-7-9-23/h5-16,18,29H,17H2,1-4H3. The molecule has 3 aromatic rings. The number of anilines is 2. The molecule has 5 nitrogen and oxygen atoms in total. The summed E-state index contributed by atoms with van der Waals surface area (Å²) in [6, 6.07) is 22.2. The van der Waals surface area contributed by atoms with Gasteiger partial charge in [-0.3, -0.25) is 9.59 Å². The van der Waals surface area contributed by atoms with Crippen molar-refractivity contribution in [3.8, 4) is 5.75 Å². The number of benzene rings is 3. The number of aryl methyl sites for hydroxylation is 2. The molecule has 0 radical (unpaired) electrons. The van der Waals surface area contributed by atoms with Crippen LogP contribution in [0.2, 0.25) is 0 Å². The monoisotopic (exact) mass is 440 g/mol. The van der Waals surface area contributed by atoms with Crippen LogP contribution in [0, 0.1) is 19.8 Å². The topological polar surface area (TPSA) is 58.6 Å². The van der Waals surface area contributed by atoms with Gasteiger partial charge in [0.2, 0.25) is 0 Å². The Bertz CT molecular complexity index is 1210. The molecule has 168 valence electrons. The number of nitrogens with zero attached hydrogens (tertiary/aromatic N) is 1. The molecule has 0 bridgehead atoms. The van der Waals surface area contributed by atoms with Crippen molar-refractivity contribution in [3.05, 3.63) is 95.2 Å². The van der Waals surface area contributed by atoms with E-state index in [4.69, 9.17) is 4.74 Å². The van der Waals surface area contributed by atoms with Gasteiger partial charge in [-0.15, -0.1) is 0 Å². The fourth-order valence-corrected chi connectivity index (χ4v) is 3.67. The Morgan fingerprint density at radius 3 is 2.18 bits per heavy atom. The third-order valence-electron chi connectivity index (χ3n) is 5.60. The van der Waals surface area contributed by atoms with Gasteiger partial charge < -0.3 is 10.1 Å². The Kier molecular flexibility index (Phi) is 6.31. The van der Waals surface area contributed by atoms with E-state index in [-0.39, 0.29) is 17.5 Å². The second-order valence-corrected chi connectivity index (χ2v) is 8.68. The molecule has 2 amide bonds. The minimum absolute atomic E-state index is 0.267. The predicted octanol–water partition coefficient (Wildman–Crippen LogP) is 5.73. The van der Waals surface area contributed by atoms with Crippen LogP contribution < -0.4 is 15.0 Å². The van der Waals surface area contributed by atoms with Gasteiger partial charge in [-0.2, -0.15) is 0 Å². The summed E-state index contributed by atoms with van der Waals surface area (Å²) < 4.78 is 5.78. The second kappa shape index (κ2) is 9.33. The van der Waals surface area contributed by atoms with E-state index >= 15 is 0 Å². The highest BCUT2D eigenvalue weighted by atomic mass is 16.5. The lowest BCUT2D eigenvalue weighted by molar-refractivity contribution is -0.120. The van der Waals surface area contributed by atoms with Crippen molar-refractivity contribution in [1.29, 1.82) is 0 Å². The summed E-state index contributed by atoms with van der Waals surface area (Å²) in [6.45, 7) is 8.84. The first kappa shape index (κ1) is 22.3. The van der Waals surface area contributed by atoms with Crippen LogP contribution in [-0.2, 0) is 9.59 Å². The van der Waals surface area contributed by atoms with E-state index in [9.17, 15) is 9.59 Å². The van der Waals surface area contributed by atoms with Gasteiger partial charge in [-0.1, -0.05) is 50.2 Å². The average molecular weight is 441 g/mol. The van der Waals surface area contributed by atoms with Crippen molar-refractivity contribution in [2.24, 2.45) is 5.92 Å². The molecule has 3 aromatic carbocycles. The Labute approximate surface area is 194 Å². The number of hydrogen-bond acceptors (Lipinski definition) is 4. The number of para-hydroxylation sites is 1. The van der Waals surface area contributed by atoms with Crippen molar-refractivity contribution in [3.63, 3.8) is 0 Å². The second-order valence-electron chi connectivity index (χ2n) is 8.68. The van der Waals surface area contributed by atoms with E-state index in [1.807, 2.05) is 74.5 Å². The van der Waals surface area contributed by atoms with Crippen LogP contribution in [0.1, 0.15) is 30.5 Å². The molecule has 5 heteroatoms. The van der Waals surface area contributed by atoms with Crippen LogP contribution in [-0.4, -0.2) is 18.4 Å². The first-order valence-electron chi connectivity index (χ1n) is 11.1. The number of ether oxygens (including phenoxy) is 1. The maximum absolute atomic E-state index is 13.5. The molecule has 1 aliphatic rings. The van der Waals surface area contributed by atoms with Crippen LogP contribution in [0.25, 0.3) is 5.57 Å². The Morgan fingerprint density at radius 1 is 0.848 bits per heavy atom. The average Bonchev–Trinajstić information content (AvgIpc) is 3.05. The lowest BCUT2D eigenvalue weighted by Gasteiger charge is -2.15. The van der Waals surface area contributed by atoms with Crippen molar-refractivity contribution in [1.82, 2.24) is 0 Å². The maximum atomic E-state index is 13.5. The number of carbonyl (C=O) groups is 2. The summed E-state index contributed by atoms with van der Waals surface area (Å²) in [7, 11) is 0. The van der Waals surface area contributed by atoms with E-state index in [0.29, 0.717) is 29.3 Å². The normalized spacial score (nSPS) is 13.8. The number of carbonyl (C=O) groups excluding carboxylic acids is 2. The first-order valence-corrected chi connectivity index (χ1v) is 11.1. The third kappa shape index (κ3) is 4.67. The van der Waals surface area contributed by atoms with Gasteiger partial charge in [0, 0.05) is 5.69 Å². The molecule has 0 unspecified atom stereocenters. The molecule has 1 heterocycles. The molecule has 1 N–H and O–H groups in total. The lowest BCUT2D eigenvalue weighted by atomic mass is 10.0. The van der Waals surface area contributed by atoms with Crippen molar-refractivity contribution in [2.75, 3.05) is 16.8 Å². The molecular weight excluding hydrogens is 412 g/mol.